The van der Waals surface area contributed by atoms with Gasteiger partial charge in [-0.05, 0) is 54.4 Å². The molecule has 0 saturated heterocycles. The number of esters is 1. The number of rotatable bonds is 8. The number of halogens is 1. The molecule has 2 aromatic carbocycles. The molecule has 0 fully saturated rings. The highest BCUT2D eigenvalue weighted by Gasteiger charge is 2.06. The second-order valence-electron chi connectivity index (χ2n) is 5.42. The van der Waals surface area contributed by atoms with Crippen LogP contribution in [-0.2, 0) is 21.0 Å². The van der Waals surface area contributed by atoms with Gasteiger partial charge in [-0.15, -0.1) is 0 Å². The average molecular weight is 377 g/mol. The number of anilines is 1. The van der Waals surface area contributed by atoms with Gasteiger partial charge in [-0.3, -0.25) is 4.79 Å². The summed E-state index contributed by atoms with van der Waals surface area (Å²) in [6.07, 6.45) is 0. The fourth-order valence-electron chi connectivity index (χ4n) is 2.19. The average Bonchev–Trinajstić information content (AvgIpc) is 2.66. The van der Waals surface area contributed by atoms with E-state index in [1.54, 1.807) is 6.07 Å². The largest absolute Gasteiger partial charge is 0.489 e. The monoisotopic (exact) mass is 376 g/mol. The van der Waals surface area contributed by atoms with Crippen molar-refractivity contribution >= 4 is 29.0 Å². The highest BCUT2D eigenvalue weighted by Crippen LogP contribution is 2.24. The van der Waals surface area contributed by atoms with Gasteiger partial charge >= 0.3 is 5.97 Å². The molecule has 2 aromatic rings. The van der Waals surface area contributed by atoms with Crippen LogP contribution in [-0.4, -0.2) is 32.4 Å². The molecule has 0 unspecified atom stereocenters. The predicted molar refractivity (Wildman–Crippen MR) is 102 cm³/mol. The number of carbonyl (C=O) groups is 1. The van der Waals surface area contributed by atoms with E-state index in [2.05, 4.69) is 15.2 Å². The van der Waals surface area contributed by atoms with Gasteiger partial charge < -0.3 is 19.6 Å². The van der Waals surface area contributed by atoms with E-state index < -0.39 is 0 Å². The molecule has 0 heterocycles. The summed E-state index contributed by atoms with van der Waals surface area (Å²) in [7, 11) is 2.85. The number of carbonyl (C=O) groups excluding carboxylic acids is 1. The summed E-state index contributed by atoms with van der Waals surface area (Å²) in [6, 6.07) is 13.0. The molecule has 0 radical (unpaired) electrons. The molecule has 6 nitrogen and oxygen atoms in total. The molecule has 0 amide bonds. The molecule has 0 atom stereocenters. The number of oxime groups is 1. The maximum absolute atomic E-state index is 11.2. The first-order valence-electron chi connectivity index (χ1n) is 7.93. The fraction of sp³-hybridized carbons (Fsp3) is 0.263. The third-order valence-corrected chi connectivity index (χ3v) is 3.92. The molecule has 0 aromatic heterocycles. The number of nitrogens with zero attached hydrogens (tertiary/aromatic N) is 1. The topological polar surface area (TPSA) is 69.2 Å². The lowest BCUT2D eigenvalue weighted by Crippen LogP contribution is -2.15. The molecule has 0 aliphatic rings. The Bertz CT molecular complexity index is 776. The Hall–Kier alpha value is -2.73. The van der Waals surface area contributed by atoms with Gasteiger partial charge in [0.15, 0.2) is 0 Å². The summed E-state index contributed by atoms with van der Waals surface area (Å²) in [5, 5.41) is 7.37. The van der Waals surface area contributed by atoms with Crippen LogP contribution >= 0.6 is 11.6 Å². The third-order valence-electron chi connectivity index (χ3n) is 3.59. The summed E-state index contributed by atoms with van der Waals surface area (Å²) in [6.45, 7) is 2.29. The third kappa shape index (κ3) is 5.67. The van der Waals surface area contributed by atoms with Gasteiger partial charge in [-0.2, -0.15) is 0 Å². The smallest absolute Gasteiger partial charge is 0.325 e. The number of ether oxygens (including phenoxy) is 2. The van der Waals surface area contributed by atoms with Crippen molar-refractivity contribution in [2.75, 3.05) is 26.1 Å². The lowest BCUT2D eigenvalue weighted by molar-refractivity contribution is -0.138. The van der Waals surface area contributed by atoms with Crippen LogP contribution in [0.5, 0.6) is 5.75 Å². The minimum atomic E-state index is -0.366. The van der Waals surface area contributed by atoms with Crippen molar-refractivity contribution < 1.29 is 19.1 Å². The number of methoxy groups -OCH3 is 1. The summed E-state index contributed by atoms with van der Waals surface area (Å²) in [5.74, 6) is 0.369. The molecule has 7 heteroatoms. The summed E-state index contributed by atoms with van der Waals surface area (Å²) < 4.78 is 10.4. The van der Waals surface area contributed by atoms with E-state index in [1.165, 1.54) is 14.2 Å². The molecule has 0 bridgehead atoms. The Morgan fingerprint density at radius 3 is 2.54 bits per heavy atom. The number of nitrogens with one attached hydrogen (secondary N) is 1. The summed E-state index contributed by atoms with van der Waals surface area (Å²) >= 11 is 6.14. The number of hydrogen-bond donors (Lipinski definition) is 1. The van der Waals surface area contributed by atoms with Gasteiger partial charge in [0.05, 0.1) is 23.5 Å². The first-order valence-corrected chi connectivity index (χ1v) is 8.31. The number of hydrogen-bond acceptors (Lipinski definition) is 6. The quantitative estimate of drug-likeness (QED) is 0.430. The molecule has 26 heavy (non-hydrogen) atoms. The Balaban J connectivity index is 1.98. The molecule has 138 valence electrons. The second kappa shape index (κ2) is 9.68. The van der Waals surface area contributed by atoms with Crippen molar-refractivity contribution in [2.24, 2.45) is 5.16 Å². The lowest BCUT2D eigenvalue weighted by Gasteiger charge is -2.11. The van der Waals surface area contributed by atoms with Crippen molar-refractivity contribution in [1.29, 1.82) is 0 Å². The van der Waals surface area contributed by atoms with Crippen LogP contribution in [0.2, 0.25) is 5.02 Å². The van der Waals surface area contributed by atoms with E-state index >= 15 is 0 Å². The molecule has 0 saturated carbocycles. The second-order valence-corrected chi connectivity index (χ2v) is 5.82. The molecule has 1 N–H and O–H groups in total. The zero-order valence-electron chi connectivity index (χ0n) is 14.9. The van der Waals surface area contributed by atoms with Crippen LogP contribution in [0.25, 0.3) is 0 Å². The Morgan fingerprint density at radius 1 is 1.15 bits per heavy atom. The van der Waals surface area contributed by atoms with Crippen LogP contribution in [0, 0.1) is 0 Å². The zero-order valence-corrected chi connectivity index (χ0v) is 15.7. The van der Waals surface area contributed by atoms with Crippen LogP contribution in [0.4, 0.5) is 5.69 Å². The van der Waals surface area contributed by atoms with Gasteiger partial charge in [0.1, 0.15) is 26.0 Å². The Morgan fingerprint density at radius 2 is 1.88 bits per heavy atom. The van der Waals surface area contributed by atoms with Gasteiger partial charge in [0, 0.05) is 0 Å². The van der Waals surface area contributed by atoms with Crippen molar-refractivity contribution in [1.82, 2.24) is 0 Å². The van der Waals surface area contributed by atoms with Crippen molar-refractivity contribution in [3.63, 3.8) is 0 Å². The first kappa shape index (κ1) is 19.6. The Labute approximate surface area is 157 Å². The van der Waals surface area contributed by atoms with Crippen LogP contribution in [0.15, 0.2) is 47.6 Å². The van der Waals surface area contributed by atoms with Gasteiger partial charge in [0.2, 0.25) is 0 Å². The zero-order chi connectivity index (χ0) is 18.9. The van der Waals surface area contributed by atoms with E-state index in [1.807, 2.05) is 43.3 Å². The highest BCUT2D eigenvalue weighted by atomic mass is 35.5. The fourth-order valence-corrected chi connectivity index (χ4v) is 2.37. The Kier molecular flexibility index (Phi) is 7.29. The van der Waals surface area contributed by atoms with Crippen molar-refractivity contribution in [3.8, 4) is 5.75 Å². The van der Waals surface area contributed by atoms with Crippen molar-refractivity contribution in [3.05, 3.63) is 58.6 Å². The summed E-state index contributed by atoms with van der Waals surface area (Å²) in [4.78, 5) is 16.0. The summed E-state index contributed by atoms with van der Waals surface area (Å²) in [5.41, 5.74) is 3.32. The maximum atomic E-state index is 11.2. The van der Waals surface area contributed by atoms with E-state index in [0.717, 1.165) is 22.6 Å². The number of benzene rings is 2. The molecular formula is C19H21ClN2O4. The highest BCUT2D eigenvalue weighted by molar-refractivity contribution is 6.33. The van der Waals surface area contributed by atoms with Gasteiger partial charge in [0.25, 0.3) is 0 Å². The van der Waals surface area contributed by atoms with E-state index in [9.17, 15) is 4.79 Å². The molecule has 0 aliphatic carbocycles. The van der Waals surface area contributed by atoms with Crippen molar-refractivity contribution in [2.45, 2.75) is 13.5 Å². The maximum Gasteiger partial charge on any atom is 0.325 e. The van der Waals surface area contributed by atoms with Gasteiger partial charge in [-0.25, -0.2) is 0 Å². The van der Waals surface area contributed by atoms with Crippen LogP contribution in [0.1, 0.15) is 18.1 Å². The van der Waals surface area contributed by atoms with Gasteiger partial charge in [-0.1, -0.05) is 22.8 Å². The molecule has 2 rings (SSSR count). The predicted octanol–water partition coefficient (Wildman–Crippen LogP) is 3.87. The SMILES string of the molecule is CO/N=C(\C)c1ccc(OCc2ccc(Cl)c(NCC(=O)OC)c2)cc1. The first-order chi connectivity index (χ1) is 12.5. The molecule has 0 spiro atoms. The molecular weight excluding hydrogens is 356 g/mol. The normalized spacial score (nSPS) is 11.0. The van der Waals surface area contributed by atoms with Crippen LogP contribution in [0.3, 0.4) is 0 Å². The van der Waals surface area contributed by atoms with Crippen LogP contribution < -0.4 is 10.1 Å². The van der Waals surface area contributed by atoms with E-state index in [4.69, 9.17) is 21.2 Å². The lowest BCUT2D eigenvalue weighted by atomic mass is 10.1. The van der Waals surface area contributed by atoms with E-state index in [-0.39, 0.29) is 12.5 Å². The minimum Gasteiger partial charge on any atom is -0.489 e. The molecule has 0 aliphatic heterocycles. The standard InChI is InChI=1S/C19H21ClN2O4/c1-13(22-25-3)15-5-7-16(8-6-15)26-12-14-4-9-17(20)18(10-14)21-11-19(23)24-2/h4-10,21H,11-12H2,1-3H3/b22-13+. The minimum absolute atomic E-state index is 0.0460. The van der Waals surface area contributed by atoms with E-state index in [0.29, 0.717) is 17.3 Å².